The van der Waals surface area contributed by atoms with E-state index in [9.17, 15) is 9.59 Å². The van der Waals surface area contributed by atoms with Crippen molar-refractivity contribution in [1.82, 2.24) is 10.2 Å². The molecule has 0 aliphatic carbocycles. The summed E-state index contributed by atoms with van der Waals surface area (Å²) in [6, 6.07) is 27.3. The van der Waals surface area contributed by atoms with Gasteiger partial charge in [-0.25, -0.2) is 9.59 Å². The Balaban J connectivity index is 1.53. The van der Waals surface area contributed by atoms with Crippen molar-refractivity contribution in [2.45, 2.75) is 106 Å². The second-order valence-corrected chi connectivity index (χ2v) is 17.4. The summed E-state index contributed by atoms with van der Waals surface area (Å²) in [5, 5.41) is 2.87. The number of amides is 2. The maximum Gasteiger partial charge on any atom is 0.413 e. The van der Waals surface area contributed by atoms with Crippen LogP contribution in [0.15, 0.2) is 91.0 Å². The Morgan fingerprint density at radius 2 is 1.36 bits per heavy atom. The Labute approximate surface area is 344 Å². The smallest absolute Gasteiger partial charge is 0.413 e. The molecule has 6 atom stereocenters. The van der Waals surface area contributed by atoms with Gasteiger partial charge in [0.2, 0.25) is 3.79 Å². The monoisotopic (exact) mass is 830 g/mol. The fraction of sp³-hybridized carbons (Fsp3) is 0.476. The lowest BCUT2D eigenvalue weighted by molar-refractivity contribution is -0.221. The molecule has 5 rings (SSSR count). The number of hydrogen-bond acceptors (Lipinski definition) is 9. The summed E-state index contributed by atoms with van der Waals surface area (Å²) >= 11 is 17.8. The van der Waals surface area contributed by atoms with Crippen molar-refractivity contribution in [1.29, 1.82) is 0 Å². The Hall–Kier alpha value is -3.57. The Morgan fingerprint density at radius 1 is 0.821 bits per heavy atom. The molecule has 0 aromatic heterocycles. The molecule has 2 amide bonds. The number of nitrogens with zero attached hydrogens (tertiary/aromatic N) is 1. The topological polar surface area (TPSA) is 114 Å². The highest BCUT2D eigenvalue weighted by atomic mass is 35.6. The SMILES string of the molecule is CC(C)(C)OC(=O)N1[C@@H](C#C[C@@H]2O[C@H](COCc3ccccc3)[C@@H](OCc3ccccc3)[C@H](OCc3ccccc3)[C@H]2NC(=O)OCC(Cl)(Cl)Cl)COC1(C)C. The van der Waals surface area contributed by atoms with Crippen LogP contribution < -0.4 is 5.32 Å². The van der Waals surface area contributed by atoms with E-state index in [1.165, 1.54) is 4.90 Å². The molecule has 2 aliphatic heterocycles. The fourth-order valence-corrected chi connectivity index (χ4v) is 6.39. The molecular formula is C42H49Cl3N2O9. The third kappa shape index (κ3) is 13.3. The first kappa shape index (κ1) is 43.6. The van der Waals surface area contributed by atoms with Gasteiger partial charge in [-0.2, -0.15) is 0 Å². The van der Waals surface area contributed by atoms with E-state index in [-0.39, 0.29) is 26.4 Å². The minimum absolute atomic E-state index is 0.0890. The molecule has 0 radical (unpaired) electrons. The Bertz CT molecular complexity index is 1760. The number of alkyl carbamates (subject to hydrolysis) is 1. The molecule has 2 fully saturated rings. The molecule has 3 aromatic carbocycles. The van der Waals surface area contributed by atoms with Gasteiger partial charge >= 0.3 is 12.2 Å². The maximum absolute atomic E-state index is 13.5. The summed E-state index contributed by atoms with van der Waals surface area (Å²) in [6.07, 6.45) is -4.93. The van der Waals surface area contributed by atoms with Gasteiger partial charge < -0.3 is 38.5 Å². The lowest BCUT2D eigenvalue weighted by Gasteiger charge is -2.45. The van der Waals surface area contributed by atoms with Gasteiger partial charge in [0, 0.05) is 0 Å². The summed E-state index contributed by atoms with van der Waals surface area (Å²) in [6.45, 7) is 9.24. The van der Waals surface area contributed by atoms with Crippen molar-refractivity contribution in [2.24, 2.45) is 0 Å². The highest BCUT2D eigenvalue weighted by molar-refractivity contribution is 6.67. The molecule has 2 heterocycles. The largest absolute Gasteiger partial charge is 0.445 e. The summed E-state index contributed by atoms with van der Waals surface area (Å²) in [4.78, 5) is 28.3. The second kappa shape index (κ2) is 19.7. The van der Waals surface area contributed by atoms with Gasteiger partial charge in [-0.15, -0.1) is 0 Å². The van der Waals surface area contributed by atoms with Gasteiger partial charge in [-0.05, 0) is 51.3 Å². The van der Waals surface area contributed by atoms with Gasteiger partial charge in [0.1, 0.15) is 48.4 Å². The molecule has 0 saturated carbocycles. The number of benzene rings is 3. The van der Waals surface area contributed by atoms with E-state index in [4.69, 9.17) is 68.0 Å². The number of hydrogen-bond donors (Lipinski definition) is 1. The van der Waals surface area contributed by atoms with Crippen molar-refractivity contribution < 1.29 is 42.7 Å². The summed E-state index contributed by atoms with van der Waals surface area (Å²) in [5.74, 6) is 6.38. The van der Waals surface area contributed by atoms with E-state index in [0.717, 1.165) is 16.7 Å². The van der Waals surface area contributed by atoms with E-state index in [1.54, 1.807) is 34.6 Å². The minimum atomic E-state index is -1.86. The predicted molar refractivity (Wildman–Crippen MR) is 213 cm³/mol. The molecule has 2 aliphatic rings. The van der Waals surface area contributed by atoms with Crippen molar-refractivity contribution in [3.63, 3.8) is 0 Å². The Morgan fingerprint density at radius 3 is 1.89 bits per heavy atom. The van der Waals surface area contributed by atoms with Crippen LogP contribution in [0.5, 0.6) is 0 Å². The molecule has 0 spiro atoms. The quantitative estimate of drug-likeness (QED) is 0.143. The van der Waals surface area contributed by atoms with Crippen LogP contribution in [0, 0.1) is 11.8 Å². The van der Waals surface area contributed by atoms with Crippen LogP contribution in [-0.4, -0.2) is 88.5 Å². The number of rotatable bonds is 12. The summed E-state index contributed by atoms with van der Waals surface area (Å²) < 4.78 is 41.5. The van der Waals surface area contributed by atoms with Crippen LogP contribution in [-0.2, 0) is 53.0 Å². The first-order valence-corrected chi connectivity index (χ1v) is 19.5. The highest BCUT2D eigenvalue weighted by Crippen LogP contribution is 2.32. The van der Waals surface area contributed by atoms with E-state index < -0.39 is 70.4 Å². The van der Waals surface area contributed by atoms with Crippen molar-refractivity contribution in [3.8, 4) is 11.8 Å². The number of carbonyl (C=O) groups is 2. The summed E-state index contributed by atoms with van der Waals surface area (Å²) in [5.41, 5.74) is 1.00. The zero-order valence-electron chi connectivity index (χ0n) is 32.1. The number of halogens is 3. The van der Waals surface area contributed by atoms with Crippen molar-refractivity contribution in [2.75, 3.05) is 19.8 Å². The van der Waals surface area contributed by atoms with Crippen molar-refractivity contribution >= 4 is 47.0 Å². The number of nitrogens with one attached hydrogen (secondary N) is 1. The first-order chi connectivity index (χ1) is 26.6. The molecule has 1 N–H and O–H groups in total. The summed E-state index contributed by atoms with van der Waals surface area (Å²) in [7, 11) is 0. The van der Waals surface area contributed by atoms with E-state index in [0.29, 0.717) is 6.61 Å². The first-order valence-electron chi connectivity index (χ1n) is 18.3. The molecule has 56 heavy (non-hydrogen) atoms. The van der Waals surface area contributed by atoms with Gasteiger partial charge in [0.05, 0.1) is 39.1 Å². The van der Waals surface area contributed by atoms with Gasteiger partial charge in [0.25, 0.3) is 0 Å². The van der Waals surface area contributed by atoms with E-state index in [2.05, 4.69) is 17.2 Å². The van der Waals surface area contributed by atoms with Gasteiger partial charge in [0.15, 0.2) is 0 Å². The van der Waals surface area contributed by atoms with Crippen LogP contribution in [0.4, 0.5) is 9.59 Å². The van der Waals surface area contributed by atoms with Crippen LogP contribution in [0.3, 0.4) is 0 Å². The highest BCUT2D eigenvalue weighted by Gasteiger charge is 2.49. The zero-order chi connectivity index (χ0) is 40.3. The standard InChI is InChI=1S/C42H49Cl3N2O9/c1-40(2,3)56-39(49)47-32(26-54-41(47,4)5)21-22-33-35(46-38(48)53-28-42(43,44)45)37(52-25-31-19-13-8-14-20-31)36(51-24-30-17-11-7-12-18-30)34(55-33)27-50-23-29-15-9-6-10-16-29/h6-20,32-37H,23-28H2,1-5H3,(H,46,48)/t32-,33-,34+,35-,36+,37+/m0/s1. The Kier molecular flexibility index (Phi) is 15.3. The minimum Gasteiger partial charge on any atom is -0.445 e. The number of carbonyl (C=O) groups excluding carboxylic acids is 2. The fourth-order valence-electron chi connectivity index (χ4n) is 6.23. The van der Waals surface area contributed by atoms with Crippen molar-refractivity contribution in [3.05, 3.63) is 108 Å². The average molecular weight is 832 g/mol. The van der Waals surface area contributed by atoms with Gasteiger partial charge in [-0.3, -0.25) is 4.90 Å². The third-order valence-corrected chi connectivity index (χ3v) is 9.10. The molecular weight excluding hydrogens is 783 g/mol. The van der Waals surface area contributed by atoms with Crippen LogP contribution in [0.2, 0.25) is 0 Å². The molecule has 3 aromatic rings. The lowest BCUT2D eigenvalue weighted by Crippen LogP contribution is -2.65. The van der Waals surface area contributed by atoms with E-state index >= 15 is 0 Å². The molecule has 0 bridgehead atoms. The van der Waals surface area contributed by atoms with E-state index in [1.807, 2.05) is 91.0 Å². The average Bonchev–Trinajstić information content (AvgIpc) is 3.46. The third-order valence-electron chi connectivity index (χ3n) is 8.78. The maximum atomic E-state index is 13.5. The molecule has 14 heteroatoms. The van der Waals surface area contributed by atoms with Crippen LogP contribution >= 0.6 is 34.8 Å². The van der Waals surface area contributed by atoms with Crippen LogP contribution in [0.25, 0.3) is 0 Å². The zero-order valence-corrected chi connectivity index (χ0v) is 34.4. The molecule has 302 valence electrons. The van der Waals surface area contributed by atoms with Gasteiger partial charge in [-0.1, -0.05) is 138 Å². The normalized spacial score (nSPS) is 23.5. The molecule has 11 nitrogen and oxygen atoms in total. The number of alkyl halides is 3. The predicted octanol–water partition coefficient (Wildman–Crippen LogP) is 7.98. The number of ether oxygens (including phenoxy) is 7. The molecule has 0 unspecified atom stereocenters. The second-order valence-electron chi connectivity index (χ2n) is 14.9. The lowest BCUT2D eigenvalue weighted by atomic mass is 9.92. The molecule has 2 saturated heterocycles. The van der Waals surface area contributed by atoms with Crippen LogP contribution in [0.1, 0.15) is 51.3 Å².